The van der Waals surface area contributed by atoms with Crippen molar-refractivity contribution in [3.63, 3.8) is 0 Å². The zero-order valence-electron chi connectivity index (χ0n) is 11.0. The van der Waals surface area contributed by atoms with Gasteiger partial charge in [-0.15, -0.1) is 0 Å². The molecule has 0 spiro atoms. The Balaban J connectivity index is 2.02. The number of ether oxygens (including phenoxy) is 1. The number of hydrogen-bond acceptors (Lipinski definition) is 2. The molecule has 0 unspecified atom stereocenters. The van der Waals surface area contributed by atoms with E-state index in [1.807, 2.05) is 24.3 Å². The summed E-state index contributed by atoms with van der Waals surface area (Å²) < 4.78 is 6.86. The fourth-order valence-electron chi connectivity index (χ4n) is 1.77. The molecule has 0 radical (unpaired) electrons. The van der Waals surface area contributed by atoms with E-state index in [2.05, 4.69) is 52.4 Å². The molecule has 3 heteroatoms. The third-order valence-corrected chi connectivity index (χ3v) is 3.47. The van der Waals surface area contributed by atoms with Crippen LogP contribution in [0.25, 0.3) is 0 Å². The highest BCUT2D eigenvalue weighted by Gasteiger charge is 2.03. The third kappa shape index (κ3) is 4.37. The molecule has 0 saturated carbocycles. The molecule has 0 aromatic heterocycles. The molecule has 2 aromatic carbocycles. The average Bonchev–Trinajstić information content (AvgIpc) is 2.46. The van der Waals surface area contributed by atoms with Crippen LogP contribution in [0.15, 0.2) is 53.0 Å². The molecule has 100 valence electrons. The summed E-state index contributed by atoms with van der Waals surface area (Å²) in [6.07, 6.45) is 0. The van der Waals surface area contributed by atoms with Crippen molar-refractivity contribution in [1.29, 1.82) is 0 Å². The normalized spacial score (nSPS) is 10.4. The summed E-state index contributed by atoms with van der Waals surface area (Å²) >= 11 is 3.53. The largest absolute Gasteiger partial charge is 0.488 e. The first-order valence-corrected chi connectivity index (χ1v) is 7.24. The summed E-state index contributed by atoms with van der Waals surface area (Å²) in [4.78, 5) is 0. The fraction of sp³-hybridized carbons (Fsp3) is 0.250. The van der Waals surface area contributed by atoms with Gasteiger partial charge in [0, 0.05) is 6.54 Å². The molecule has 1 N–H and O–H groups in total. The molecule has 19 heavy (non-hydrogen) atoms. The lowest BCUT2D eigenvalue weighted by Crippen LogP contribution is -2.11. The van der Waals surface area contributed by atoms with Crippen molar-refractivity contribution in [2.45, 2.75) is 20.1 Å². The Morgan fingerprint density at radius 2 is 1.84 bits per heavy atom. The first-order valence-electron chi connectivity index (χ1n) is 6.45. The number of benzene rings is 2. The van der Waals surface area contributed by atoms with Gasteiger partial charge in [0.2, 0.25) is 0 Å². The molecule has 2 aromatic rings. The molecule has 2 rings (SSSR count). The number of halogens is 1. The molecule has 0 aliphatic heterocycles. The van der Waals surface area contributed by atoms with Crippen LogP contribution in [0.4, 0.5) is 0 Å². The molecule has 0 saturated heterocycles. The zero-order valence-corrected chi connectivity index (χ0v) is 12.6. The Morgan fingerprint density at radius 3 is 2.58 bits per heavy atom. The van der Waals surface area contributed by atoms with Gasteiger partial charge in [-0.3, -0.25) is 0 Å². The van der Waals surface area contributed by atoms with Gasteiger partial charge >= 0.3 is 0 Å². The molecule has 0 heterocycles. The third-order valence-electron chi connectivity index (χ3n) is 2.81. The van der Waals surface area contributed by atoms with Crippen LogP contribution < -0.4 is 10.1 Å². The SMILES string of the molecule is CCNCc1ccc(Br)c(OCc2ccccc2)c1. The van der Waals surface area contributed by atoms with E-state index in [0.717, 1.165) is 23.3 Å². The van der Waals surface area contributed by atoms with E-state index < -0.39 is 0 Å². The van der Waals surface area contributed by atoms with Gasteiger partial charge in [-0.05, 0) is 45.7 Å². The molecule has 0 atom stereocenters. The van der Waals surface area contributed by atoms with Crippen molar-refractivity contribution < 1.29 is 4.74 Å². The Kier molecular flexibility index (Phi) is 5.43. The highest BCUT2D eigenvalue weighted by atomic mass is 79.9. The Morgan fingerprint density at radius 1 is 1.05 bits per heavy atom. The smallest absolute Gasteiger partial charge is 0.134 e. The molecule has 0 aliphatic carbocycles. The number of hydrogen-bond donors (Lipinski definition) is 1. The van der Waals surface area contributed by atoms with Crippen LogP contribution in [-0.4, -0.2) is 6.54 Å². The van der Waals surface area contributed by atoms with Gasteiger partial charge in [0.25, 0.3) is 0 Å². The number of nitrogens with one attached hydrogen (secondary N) is 1. The van der Waals surface area contributed by atoms with Crippen LogP contribution in [0.5, 0.6) is 5.75 Å². The monoisotopic (exact) mass is 319 g/mol. The molecule has 0 aliphatic rings. The lowest BCUT2D eigenvalue weighted by atomic mass is 10.2. The van der Waals surface area contributed by atoms with Crippen molar-refractivity contribution in [3.05, 3.63) is 64.1 Å². The standard InChI is InChI=1S/C16H18BrNO/c1-2-18-11-14-8-9-15(17)16(10-14)19-12-13-6-4-3-5-7-13/h3-10,18H,2,11-12H2,1H3. The Bertz CT molecular complexity index is 513. The minimum absolute atomic E-state index is 0.587. The lowest BCUT2D eigenvalue weighted by molar-refractivity contribution is 0.304. The summed E-state index contributed by atoms with van der Waals surface area (Å²) in [7, 11) is 0. The molecular formula is C16H18BrNO. The highest BCUT2D eigenvalue weighted by Crippen LogP contribution is 2.26. The van der Waals surface area contributed by atoms with E-state index in [4.69, 9.17) is 4.74 Å². The van der Waals surface area contributed by atoms with E-state index in [-0.39, 0.29) is 0 Å². The predicted octanol–water partition coefficient (Wildman–Crippen LogP) is 4.14. The molecular weight excluding hydrogens is 302 g/mol. The van der Waals surface area contributed by atoms with E-state index in [1.54, 1.807) is 0 Å². The minimum Gasteiger partial charge on any atom is -0.488 e. The van der Waals surface area contributed by atoms with Gasteiger partial charge in [0.15, 0.2) is 0 Å². The van der Waals surface area contributed by atoms with Gasteiger partial charge in [0.05, 0.1) is 4.47 Å². The van der Waals surface area contributed by atoms with Crippen molar-refractivity contribution in [2.75, 3.05) is 6.54 Å². The van der Waals surface area contributed by atoms with Gasteiger partial charge < -0.3 is 10.1 Å². The van der Waals surface area contributed by atoms with Crippen LogP contribution >= 0.6 is 15.9 Å². The van der Waals surface area contributed by atoms with Gasteiger partial charge in [-0.25, -0.2) is 0 Å². The summed E-state index contributed by atoms with van der Waals surface area (Å²) in [5, 5.41) is 3.31. The van der Waals surface area contributed by atoms with E-state index >= 15 is 0 Å². The summed E-state index contributed by atoms with van der Waals surface area (Å²) in [6, 6.07) is 16.4. The van der Waals surface area contributed by atoms with Gasteiger partial charge in [-0.2, -0.15) is 0 Å². The highest BCUT2D eigenvalue weighted by molar-refractivity contribution is 9.10. The molecule has 0 fully saturated rings. The maximum atomic E-state index is 5.87. The Hall–Kier alpha value is -1.32. The average molecular weight is 320 g/mol. The van der Waals surface area contributed by atoms with Crippen molar-refractivity contribution in [2.24, 2.45) is 0 Å². The quantitative estimate of drug-likeness (QED) is 0.864. The first-order chi connectivity index (χ1) is 9.29. The van der Waals surface area contributed by atoms with Crippen molar-refractivity contribution in [1.82, 2.24) is 5.32 Å². The predicted molar refractivity (Wildman–Crippen MR) is 82.3 cm³/mol. The van der Waals surface area contributed by atoms with E-state index in [9.17, 15) is 0 Å². The van der Waals surface area contributed by atoms with Crippen molar-refractivity contribution in [3.8, 4) is 5.75 Å². The second-order valence-electron chi connectivity index (χ2n) is 4.32. The second-order valence-corrected chi connectivity index (χ2v) is 5.17. The Labute approximate surface area is 122 Å². The van der Waals surface area contributed by atoms with E-state index in [1.165, 1.54) is 11.1 Å². The van der Waals surface area contributed by atoms with Gasteiger partial charge in [-0.1, -0.05) is 43.3 Å². The summed E-state index contributed by atoms with van der Waals surface area (Å²) in [6.45, 7) is 4.53. The maximum absolute atomic E-state index is 5.87. The summed E-state index contributed by atoms with van der Waals surface area (Å²) in [5.41, 5.74) is 2.40. The first kappa shape index (κ1) is 14.1. The second kappa shape index (κ2) is 7.31. The lowest BCUT2D eigenvalue weighted by Gasteiger charge is -2.10. The molecule has 2 nitrogen and oxygen atoms in total. The molecule has 0 amide bonds. The van der Waals surface area contributed by atoms with Crippen LogP contribution in [0.1, 0.15) is 18.1 Å². The van der Waals surface area contributed by atoms with Crippen LogP contribution in [0, 0.1) is 0 Å². The zero-order chi connectivity index (χ0) is 13.5. The van der Waals surface area contributed by atoms with Crippen LogP contribution in [0.2, 0.25) is 0 Å². The van der Waals surface area contributed by atoms with E-state index in [0.29, 0.717) is 6.61 Å². The van der Waals surface area contributed by atoms with Gasteiger partial charge in [0.1, 0.15) is 12.4 Å². The topological polar surface area (TPSA) is 21.3 Å². The van der Waals surface area contributed by atoms with Crippen LogP contribution in [0.3, 0.4) is 0 Å². The maximum Gasteiger partial charge on any atom is 0.134 e. The van der Waals surface area contributed by atoms with Crippen LogP contribution in [-0.2, 0) is 13.2 Å². The van der Waals surface area contributed by atoms with Crippen molar-refractivity contribution >= 4 is 15.9 Å². The number of rotatable bonds is 6. The minimum atomic E-state index is 0.587. The molecule has 0 bridgehead atoms. The fourth-order valence-corrected chi connectivity index (χ4v) is 2.13. The summed E-state index contributed by atoms with van der Waals surface area (Å²) in [5.74, 6) is 0.888.